The van der Waals surface area contributed by atoms with Crippen molar-refractivity contribution in [1.29, 1.82) is 0 Å². The number of aromatic nitrogens is 3. The standard InChI is InChI=1S/C26H25Cl2FN4/c1-15(31-25-22-13-18(27)6-8-24(22)32-26(28)33-25)12-16-2-4-17(5-3-16)20-10-11-30-23-9-7-19(29)14-21(20)23/h6-11,13-17H,2-5,12H2,1H3,(H,31,32,33)/t15?,16-,17-. The van der Waals surface area contributed by atoms with Gasteiger partial charge in [-0.15, -0.1) is 0 Å². The average molecular weight is 483 g/mol. The number of halogens is 3. The summed E-state index contributed by atoms with van der Waals surface area (Å²) in [7, 11) is 0. The van der Waals surface area contributed by atoms with Crippen molar-refractivity contribution in [2.24, 2.45) is 5.92 Å². The Balaban J connectivity index is 1.25. The molecule has 7 heteroatoms. The number of fused-ring (bicyclic) bond motifs is 2. The lowest BCUT2D eigenvalue weighted by Gasteiger charge is -2.31. The highest BCUT2D eigenvalue weighted by molar-refractivity contribution is 6.31. The third kappa shape index (κ3) is 4.90. The van der Waals surface area contributed by atoms with Crippen LogP contribution in [0.5, 0.6) is 0 Å². The molecule has 0 radical (unpaired) electrons. The van der Waals surface area contributed by atoms with E-state index in [9.17, 15) is 4.39 Å². The van der Waals surface area contributed by atoms with Gasteiger partial charge in [0.05, 0.1) is 11.0 Å². The van der Waals surface area contributed by atoms with Gasteiger partial charge in [-0.25, -0.2) is 14.4 Å². The summed E-state index contributed by atoms with van der Waals surface area (Å²) in [5.74, 6) is 1.59. The van der Waals surface area contributed by atoms with E-state index in [0.717, 1.165) is 59.7 Å². The fraction of sp³-hybridized carbons (Fsp3) is 0.346. The Bertz CT molecular complexity index is 1300. The van der Waals surface area contributed by atoms with E-state index < -0.39 is 0 Å². The molecule has 1 N–H and O–H groups in total. The topological polar surface area (TPSA) is 50.7 Å². The van der Waals surface area contributed by atoms with Crippen LogP contribution in [0.15, 0.2) is 48.7 Å². The van der Waals surface area contributed by atoms with Crippen molar-refractivity contribution in [1.82, 2.24) is 15.0 Å². The molecule has 4 nitrogen and oxygen atoms in total. The van der Waals surface area contributed by atoms with E-state index in [1.807, 2.05) is 18.3 Å². The van der Waals surface area contributed by atoms with Gasteiger partial charge in [0.2, 0.25) is 5.28 Å². The number of hydrogen-bond acceptors (Lipinski definition) is 4. The van der Waals surface area contributed by atoms with Crippen LogP contribution in [0.3, 0.4) is 0 Å². The third-order valence-electron chi connectivity index (χ3n) is 6.72. The van der Waals surface area contributed by atoms with Crippen LogP contribution in [0.2, 0.25) is 10.3 Å². The molecule has 1 aliphatic carbocycles. The van der Waals surface area contributed by atoms with E-state index in [1.165, 1.54) is 11.6 Å². The Labute approximate surface area is 202 Å². The van der Waals surface area contributed by atoms with Crippen molar-refractivity contribution in [3.05, 3.63) is 70.3 Å². The molecule has 1 atom stereocenters. The van der Waals surface area contributed by atoms with E-state index in [-0.39, 0.29) is 17.1 Å². The van der Waals surface area contributed by atoms with Gasteiger partial charge in [0.15, 0.2) is 0 Å². The van der Waals surface area contributed by atoms with E-state index in [1.54, 1.807) is 18.2 Å². The quantitative estimate of drug-likeness (QED) is 0.295. The van der Waals surface area contributed by atoms with Gasteiger partial charge in [0.25, 0.3) is 0 Å². The first-order chi connectivity index (χ1) is 16.0. The zero-order chi connectivity index (χ0) is 22.9. The van der Waals surface area contributed by atoms with Crippen LogP contribution < -0.4 is 5.32 Å². The molecule has 0 spiro atoms. The molecule has 0 bridgehead atoms. The number of anilines is 1. The summed E-state index contributed by atoms with van der Waals surface area (Å²) < 4.78 is 13.9. The van der Waals surface area contributed by atoms with Gasteiger partial charge in [-0.3, -0.25) is 4.98 Å². The predicted molar refractivity (Wildman–Crippen MR) is 134 cm³/mol. The fourth-order valence-corrected chi connectivity index (χ4v) is 5.53. The Kier molecular flexibility index (Phi) is 6.35. The monoisotopic (exact) mass is 482 g/mol. The minimum Gasteiger partial charge on any atom is -0.367 e. The molecule has 1 unspecified atom stereocenters. The highest BCUT2D eigenvalue weighted by atomic mass is 35.5. The van der Waals surface area contributed by atoms with E-state index in [2.05, 4.69) is 33.3 Å². The molecular formula is C26H25Cl2FN4. The molecule has 0 saturated heterocycles. The summed E-state index contributed by atoms with van der Waals surface area (Å²) in [6.45, 7) is 2.18. The van der Waals surface area contributed by atoms with Crippen LogP contribution in [0.4, 0.5) is 10.2 Å². The van der Waals surface area contributed by atoms with Crippen LogP contribution >= 0.6 is 23.2 Å². The average Bonchev–Trinajstić information content (AvgIpc) is 2.79. The van der Waals surface area contributed by atoms with Crippen LogP contribution in [-0.2, 0) is 0 Å². The number of nitrogens with zero attached hydrogens (tertiary/aromatic N) is 3. The van der Waals surface area contributed by atoms with Crippen molar-refractivity contribution >= 4 is 50.8 Å². The largest absolute Gasteiger partial charge is 0.367 e. The minimum atomic E-state index is -0.205. The molecule has 2 aromatic heterocycles. The summed E-state index contributed by atoms with van der Waals surface area (Å²) in [4.78, 5) is 13.1. The van der Waals surface area contributed by atoms with Gasteiger partial charge in [-0.1, -0.05) is 11.6 Å². The van der Waals surface area contributed by atoms with Gasteiger partial charge in [0, 0.05) is 28.0 Å². The zero-order valence-electron chi connectivity index (χ0n) is 18.4. The molecule has 1 fully saturated rings. The molecule has 1 saturated carbocycles. The molecule has 1 aliphatic rings. The molecule has 4 aromatic rings. The minimum absolute atomic E-state index is 0.205. The third-order valence-corrected chi connectivity index (χ3v) is 7.13. The second-order valence-corrected chi connectivity index (χ2v) is 9.84. The number of pyridine rings is 1. The van der Waals surface area contributed by atoms with E-state index >= 15 is 0 Å². The summed E-state index contributed by atoms with van der Waals surface area (Å²) in [6.07, 6.45) is 7.38. The summed E-state index contributed by atoms with van der Waals surface area (Å²) in [6, 6.07) is 12.7. The van der Waals surface area contributed by atoms with Gasteiger partial charge < -0.3 is 5.32 Å². The Morgan fingerprint density at radius 2 is 1.76 bits per heavy atom. The second kappa shape index (κ2) is 9.40. The molecule has 2 heterocycles. The fourth-order valence-electron chi connectivity index (χ4n) is 5.18. The van der Waals surface area contributed by atoms with E-state index in [0.29, 0.717) is 16.9 Å². The Hall–Kier alpha value is -2.50. The molecule has 0 aliphatic heterocycles. The van der Waals surface area contributed by atoms with Crippen molar-refractivity contribution < 1.29 is 4.39 Å². The molecule has 170 valence electrons. The number of benzene rings is 2. The summed E-state index contributed by atoms with van der Waals surface area (Å²) in [5.41, 5.74) is 2.86. The smallest absolute Gasteiger partial charge is 0.224 e. The lowest BCUT2D eigenvalue weighted by atomic mass is 9.76. The summed E-state index contributed by atoms with van der Waals surface area (Å²) >= 11 is 12.3. The van der Waals surface area contributed by atoms with Crippen molar-refractivity contribution in [2.45, 2.75) is 51.0 Å². The molecular weight excluding hydrogens is 458 g/mol. The first kappa shape index (κ1) is 22.3. The number of hydrogen-bond donors (Lipinski definition) is 1. The molecule has 5 rings (SSSR count). The highest BCUT2D eigenvalue weighted by Crippen LogP contribution is 2.40. The van der Waals surface area contributed by atoms with Crippen LogP contribution in [0, 0.1) is 11.7 Å². The predicted octanol–water partition coefficient (Wildman–Crippen LogP) is 7.79. The lowest BCUT2D eigenvalue weighted by molar-refractivity contribution is 0.302. The number of nitrogens with one attached hydrogen (secondary N) is 1. The maximum absolute atomic E-state index is 13.9. The zero-order valence-corrected chi connectivity index (χ0v) is 19.9. The van der Waals surface area contributed by atoms with Crippen molar-refractivity contribution in [3.8, 4) is 0 Å². The number of rotatable bonds is 5. The maximum atomic E-state index is 13.9. The Morgan fingerprint density at radius 3 is 2.58 bits per heavy atom. The lowest BCUT2D eigenvalue weighted by Crippen LogP contribution is -2.23. The van der Waals surface area contributed by atoms with Crippen LogP contribution in [0.25, 0.3) is 21.8 Å². The SMILES string of the molecule is CC(C[C@H]1CC[C@H](c2ccnc3ccc(F)cc32)CC1)Nc1nc(Cl)nc2ccc(Cl)cc12. The van der Waals surface area contributed by atoms with E-state index in [4.69, 9.17) is 23.2 Å². The maximum Gasteiger partial charge on any atom is 0.224 e. The second-order valence-electron chi connectivity index (χ2n) is 9.06. The van der Waals surface area contributed by atoms with Crippen molar-refractivity contribution in [2.75, 3.05) is 5.32 Å². The molecule has 33 heavy (non-hydrogen) atoms. The van der Waals surface area contributed by atoms with Gasteiger partial charge in [-0.05, 0) is 110 Å². The van der Waals surface area contributed by atoms with Crippen molar-refractivity contribution in [3.63, 3.8) is 0 Å². The van der Waals surface area contributed by atoms with Crippen LogP contribution in [0.1, 0.15) is 50.5 Å². The highest BCUT2D eigenvalue weighted by Gasteiger charge is 2.25. The first-order valence-electron chi connectivity index (χ1n) is 11.4. The normalized spacial score (nSPS) is 19.6. The van der Waals surface area contributed by atoms with Crippen LogP contribution in [-0.4, -0.2) is 21.0 Å². The molecule has 0 amide bonds. The van der Waals surface area contributed by atoms with Gasteiger partial charge >= 0.3 is 0 Å². The Morgan fingerprint density at radius 1 is 0.970 bits per heavy atom. The van der Waals surface area contributed by atoms with Gasteiger partial charge in [0.1, 0.15) is 11.6 Å². The van der Waals surface area contributed by atoms with Gasteiger partial charge in [-0.2, -0.15) is 0 Å². The first-order valence-corrected chi connectivity index (χ1v) is 12.2. The molecule has 2 aromatic carbocycles. The summed E-state index contributed by atoms with van der Waals surface area (Å²) in [5, 5.41) is 6.22.